The van der Waals surface area contributed by atoms with E-state index in [9.17, 15) is 0 Å². The molecule has 1 fully saturated rings. The second-order valence-electron chi connectivity index (χ2n) is 5.87. The first-order chi connectivity index (χ1) is 8.53. The Bertz CT molecular complexity index is 222. The molecule has 0 bridgehead atoms. The number of nitrogens with one attached hydrogen (secondary N) is 1. The van der Waals surface area contributed by atoms with Crippen LogP contribution in [0.15, 0.2) is 0 Å². The van der Waals surface area contributed by atoms with Crippen LogP contribution in [-0.2, 0) is 9.47 Å². The number of unbranched alkanes of at least 4 members (excludes halogenated alkanes) is 1. The molecule has 18 heavy (non-hydrogen) atoms. The van der Waals surface area contributed by atoms with Crippen LogP contribution in [0.25, 0.3) is 0 Å². The Morgan fingerprint density at radius 2 is 2.11 bits per heavy atom. The summed E-state index contributed by atoms with van der Waals surface area (Å²) in [6.07, 6.45) is 2.84. The molecule has 108 valence electrons. The van der Waals surface area contributed by atoms with Crippen molar-refractivity contribution in [1.82, 2.24) is 10.2 Å². The summed E-state index contributed by atoms with van der Waals surface area (Å²) >= 11 is 0. The van der Waals surface area contributed by atoms with Crippen LogP contribution in [0.4, 0.5) is 0 Å². The zero-order chi connectivity index (χ0) is 13.4. The highest BCUT2D eigenvalue weighted by molar-refractivity contribution is 4.82. The van der Waals surface area contributed by atoms with E-state index < -0.39 is 0 Å². The van der Waals surface area contributed by atoms with Crippen LogP contribution >= 0.6 is 0 Å². The maximum atomic E-state index is 5.91. The van der Waals surface area contributed by atoms with E-state index in [1.54, 1.807) is 7.11 Å². The summed E-state index contributed by atoms with van der Waals surface area (Å²) in [6.45, 7) is 12.7. The summed E-state index contributed by atoms with van der Waals surface area (Å²) in [5.74, 6) is 0. The van der Waals surface area contributed by atoms with Gasteiger partial charge in [-0.25, -0.2) is 0 Å². The maximum absolute atomic E-state index is 5.91. The van der Waals surface area contributed by atoms with E-state index in [0.717, 1.165) is 32.8 Å². The minimum atomic E-state index is 0.00831. The molecule has 1 atom stereocenters. The van der Waals surface area contributed by atoms with E-state index >= 15 is 0 Å². The second-order valence-corrected chi connectivity index (χ2v) is 5.87. The van der Waals surface area contributed by atoms with Gasteiger partial charge in [0, 0.05) is 26.7 Å². The van der Waals surface area contributed by atoms with Gasteiger partial charge in [0.15, 0.2) is 0 Å². The molecule has 0 amide bonds. The third kappa shape index (κ3) is 6.69. The summed E-state index contributed by atoms with van der Waals surface area (Å²) in [5.41, 5.74) is 0.00831. The van der Waals surface area contributed by atoms with Gasteiger partial charge in [0.1, 0.15) is 0 Å². The molecule has 0 saturated carbocycles. The molecular weight excluding hydrogens is 228 g/mol. The SMILES string of the molecule is COCCNCCCCN1CC(C)OC(C)(C)C1. The van der Waals surface area contributed by atoms with Crippen molar-refractivity contribution in [3.8, 4) is 0 Å². The molecule has 1 unspecified atom stereocenters. The Morgan fingerprint density at radius 3 is 2.78 bits per heavy atom. The van der Waals surface area contributed by atoms with Gasteiger partial charge in [0.25, 0.3) is 0 Å². The molecule has 0 aromatic carbocycles. The highest BCUT2D eigenvalue weighted by atomic mass is 16.5. The molecule has 0 aromatic heterocycles. The quantitative estimate of drug-likeness (QED) is 0.669. The molecule has 1 heterocycles. The highest BCUT2D eigenvalue weighted by Crippen LogP contribution is 2.20. The van der Waals surface area contributed by atoms with Gasteiger partial charge in [-0.2, -0.15) is 0 Å². The number of ether oxygens (including phenoxy) is 2. The fourth-order valence-electron chi connectivity index (χ4n) is 2.64. The molecule has 1 rings (SSSR count). The Labute approximate surface area is 112 Å². The van der Waals surface area contributed by atoms with Crippen molar-refractivity contribution in [2.24, 2.45) is 0 Å². The molecule has 1 aliphatic heterocycles. The van der Waals surface area contributed by atoms with E-state index in [-0.39, 0.29) is 5.60 Å². The number of hydrogen-bond donors (Lipinski definition) is 1. The topological polar surface area (TPSA) is 33.7 Å². The third-order valence-corrected chi connectivity index (χ3v) is 3.20. The van der Waals surface area contributed by atoms with Crippen LogP contribution in [0.1, 0.15) is 33.6 Å². The van der Waals surface area contributed by atoms with Crippen molar-refractivity contribution in [2.45, 2.75) is 45.3 Å². The van der Waals surface area contributed by atoms with Crippen molar-refractivity contribution >= 4 is 0 Å². The first kappa shape index (κ1) is 15.9. The maximum Gasteiger partial charge on any atom is 0.0757 e. The first-order valence-corrected chi connectivity index (χ1v) is 7.13. The summed E-state index contributed by atoms with van der Waals surface area (Å²) in [4.78, 5) is 2.53. The van der Waals surface area contributed by atoms with Gasteiger partial charge in [0.2, 0.25) is 0 Å². The standard InChI is InChI=1S/C14H30N2O2/c1-13-11-16(12-14(2,3)18-13)9-6-5-7-15-8-10-17-4/h13,15H,5-12H2,1-4H3. The predicted octanol–water partition coefficient (Wildman–Crippen LogP) is 1.50. The molecule has 0 spiro atoms. The molecule has 4 heteroatoms. The number of methoxy groups -OCH3 is 1. The summed E-state index contributed by atoms with van der Waals surface area (Å²) in [5, 5.41) is 3.38. The molecule has 4 nitrogen and oxygen atoms in total. The second kappa shape index (κ2) is 8.10. The van der Waals surface area contributed by atoms with E-state index in [0.29, 0.717) is 6.10 Å². The minimum Gasteiger partial charge on any atom is -0.383 e. The van der Waals surface area contributed by atoms with Crippen LogP contribution in [0.5, 0.6) is 0 Å². The van der Waals surface area contributed by atoms with Crippen LogP contribution in [0, 0.1) is 0 Å². The van der Waals surface area contributed by atoms with Gasteiger partial charge in [-0.05, 0) is 46.7 Å². The van der Waals surface area contributed by atoms with Crippen LogP contribution < -0.4 is 5.32 Å². The lowest BCUT2D eigenvalue weighted by Gasteiger charge is -2.41. The first-order valence-electron chi connectivity index (χ1n) is 7.13. The predicted molar refractivity (Wildman–Crippen MR) is 75.0 cm³/mol. The molecule has 1 aliphatic rings. The van der Waals surface area contributed by atoms with Gasteiger partial charge in [-0.3, -0.25) is 4.90 Å². The molecule has 1 saturated heterocycles. The van der Waals surface area contributed by atoms with E-state index in [1.807, 2.05) is 0 Å². The van der Waals surface area contributed by atoms with E-state index in [1.165, 1.54) is 19.4 Å². The zero-order valence-corrected chi connectivity index (χ0v) is 12.5. The van der Waals surface area contributed by atoms with Crippen LogP contribution in [0.3, 0.4) is 0 Å². The highest BCUT2D eigenvalue weighted by Gasteiger charge is 2.30. The number of rotatable bonds is 8. The van der Waals surface area contributed by atoms with E-state index in [4.69, 9.17) is 9.47 Å². The fourth-order valence-corrected chi connectivity index (χ4v) is 2.64. The monoisotopic (exact) mass is 258 g/mol. The van der Waals surface area contributed by atoms with Gasteiger partial charge >= 0.3 is 0 Å². The Hall–Kier alpha value is -0.160. The van der Waals surface area contributed by atoms with Crippen molar-refractivity contribution in [2.75, 3.05) is 46.4 Å². The van der Waals surface area contributed by atoms with Crippen molar-refractivity contribution in [1.29, 1.82) is 0 Å². The molecule has 0 aliphatic carbocycles. The third-order valence-electron chi connectivity index (χ3n) is 3.20. The number of morpholine rings is 1. The lowest BCUT2D eigenvalue weighted by atomic mass is 10.1. The smallest absolute Gasteiger partial charge is 0.0757 e. The van der Waals surface area contributed by atoms with Crippen molar-refractivity contribution in [3.05, 3.63) is 0 Å². The largest absolute Gasteiger partial charge is 0.383 e. The van der Waals surface area contributed by atoms with Crippen molar-refractivity contribution < 1.29 is 9.47 Å². The van der Waals surface area contributed by atoms with Gasteiger partial charge in [-0.1, -0.05) is 0 Å². The summed E-state index contributed by atoms with van der Waals surface area (Å²) < 4.78 is 10.9. The lowest BCUT2D eigenvalue weighted by molar-refractivity contribution is -0.128. The zero-order valence-electron chi connectivity index (χ0n) is 12.5. The minimum absolute atomic E-state index is 0.00831. The van der Waals surface area contributed by atoms with Crippen LogP contribution in [0.2, 0.25) is 0 Å². The van der Waals surface area contributed by atoms with Gasteiger partial charge in [0.05, 0.1) is 18.3 Å². The number of hydrogen-bond acceptors (Lipinski definition) is 4. The normalized spacial score (nSPS) is 24.3. The average molecular weight is 258 g/mol. The lowest BCUT2D eigenvalue weighted by Crippen LogP contribution is -2.52. The molecule has 1 N–H and O–H groups in total. The Kier molecular flexibility index (Phi) is 7.15. The van der Waals surface area contributed by atoms with Crippen LogP contribution in [-0.4, -0.2) is 63.0 Å². The van der Waals surface area contributed by atoms with Gasteiger partial charge < -0.3 is 14.8 Å². The molecular formula is C14H30N2O2. The Balaban J connectivity index is 2.04. The van der Waals surface area contributed by atoms with Crippen molar-refractivity contribution in [3.63, 3.8) is 0 Å². The average Bonchev–Trinajstić information content (AvgIpc) is 2.25. The molecule has 0 radical (unpaired) electrons. The summed E-state index contributed by atoms with van der Waals surface area (Å²) in [6, 6.07) is 0. The molecule has 0 aromatic rings. The van der Waals surface area contributed by atoms with Gasteiger partial charge in [-0.15, -0.1) is 0 Å². The fraction of sp³-hybridized carbons (Fsp3) is 1.00. The summed E-state index contributed by atoms with van der Waals surface area (Å²) in [7, 11) is 1.74. The van der Waals surface area contributed by atoms with E-state index in [2.05, 4.69) is 31.0 Å². The number of nitrogens with zero attached hydrogens (tertiary/aromatic N) is 1. The Morgan fingerprint density at radius 1 is 1.33 bits per heavy atom.